The molecular weight excluding hydrogens is 348 g/mol. The van der Waals surface area contributed by atoms with Crippen LogP contribution in [0.1, 0.15) is 78.2 Å². The molecule has 4 heteroatoms. The summed E-state index contributed by atoms with van der Waals surface area (Å²) in [6.45, 7) is 6.60. The second-order valence-electron chi connectivity index (χ2n) is 10.4. The molecule has 0 saturated heterocycles. The van der Waals surface area contributed by atoms with Gasteiger partial charge in [0, 0.05) is 25.7 Å². The summed E-state index contributed by atoms with van der Waals surface area (Å²) in [5.74, 6) is 2.27. The molecule has 0 bridgehead atoms. The van der Waals surface area contributed by atoms with Crippen LogP contribution in [0.3, 0.4) is 0 Å². The molecule has 1 heterocycles. The van der Waals surface area contributed by atoms with E-state index in [1.165, 1.54) is 45.4 Å². The standard InChI is InChI=1S/C24H34N2O2/c1-16(27)28-18-9-11-23(2)17(15-18)5-6-19-20-7-8-22(26-14-4-13-25-26)24(20,3)12-10-21(19)23/h4-5,13-14,18-22H,6-12,15H2,1-3H3/t18?,19-,20-,21+,22?,23-,24-/m0/s1. The zero-order valence-electron chi connectivity index (χ0n) is 17.6. The maximum Gasteiger partial charge on any atom is 0.302 e. The maximum absolute atomic E-state index is 11.4. The summed E-state index contributed by atoms with van der Waals surface area (Å²) in [5.41, 5.74) is 2.27. The van der Waals surface area contributed by atoms with Gasteiger partial charge in [0.15, 0.2) is 0 Å². The molecule has 5 rings (SSSR count). The van der Waals surface area contributed by atoms with Gasteiger partial charge in [-0.05, 0) is 79.6 Å². The zero-order chi connectivity index (χ0) is 19.5. The molecule has 152 valence electrons. The Bertz CT molecular complexity index is 785. The number of aromatic nitrogens is 2. The molecular formula is C24H34N2O2. The summed E-state index contributed by atoms with van der Waals surface area (Å²) in [6.07, 6.45) is 16.4. The van der Waals surface area contributed by atoms with Crippen LogP contribution in [-0.2, 0) is 9.53 Å². The molecule has 7 atom stereocenters. The van der Waals surface area contributed by atoms with Crippen LogP contribution in [0, 0.1) is 28.6 Å². The molecule has 4 aliphatic carbocycles. The number of hydrogen-bond donors (Lipinski definition) is 0. The Morgan fingerprint density at radius 1 is 1.18 bits per heavy atom. The molecule has 1 aromatic heterocycles. The maximum atomic E-state index is 11.4. The lowest BCUT2D eigenvalue weighted by Crippen LogP contribution is -2.50. The Kier molecular flexibility index (Phi) is 4.26. The van der Waals surface area contributed by atoms with E-state index in [1.807, 2.05) is 6.20 Å². The van der Waals surface area contributed by atoms with Crippen molar-refractivity contribution < 1.29 is 9.53 Å². The predicted molar refractivity (Wildman–Crippen MR) is 109 cm³/mol. The molecule has 0 aliphatic heterocycles. The Morgan fingerprint density at radius 3 is 2.79 bits per heavy atom. The number of allylic oxidation sites excluding steroid dienone is 1. The monoisotopic (exact) mass is 382 g/mol. The predicted octanol–water partition coefficient (Wildman–Crippen LogP) is 5.32. The first-order valence-electron chi connectivity index (χ1n) is 11.3. The number of ether oxygens (including phenoxy) is 1. The third-order valence-electron chi connectivity index (χ3n) is 9.19. The van der Waals surface area contributed by atoms with E-state index in [2.05, 4.69) is 42.0 Å². The lowest BCUT2D eigenvalue weighted by atomic mass is 9.48. The van der Waals surface area contributed by atoms with E-state index < -0.39 is 0 Å². The molecule has 4 nitrogen and oxygen atoms in total. The highest BCUT2D eigenvalue weighted by molar-refractivity contribution is 5.66. The van der Waals surface area contributed by atoms with Crippen molar-refractivity contribution >= 4 is 5.97 Å². The highest BCUT2D eigenvalue weighted by Crippen LogP contribution is 2.67. The Hall–Kier alpha value is -1.58. The van der Waals surface area contributed by atoms with Gasteiger partial charge in [0.05, 0.1) is 6.04 Å². The first-order valence-corrected chi connectivity index (χ1v) is 11.3. The number of carbonyl (C=O) groups excluding carboxylic acids is 1. The third-order valence-corrected chi connectivity index (χ3v) is 9.19. The molecule has 0 aromatic carbocycles. The van der Waals surface area contributed by atoms with Crippen molar-refractivity contribution in [2.75, 3.05) is 0 Å². The van der Waals surface area contributed by atoms with E-state index >= 15 is 0 Å². The minimum Gasteiger partial charge on any atom is -0.462 e. The number of fused-ring (bicyclic) bond motifs is 5. The topological polar surface area (TPSA) is 44.1 Å². The summed E-state index contributed by atoms with van der Waals surface area (Å²) >= 11 is 0. The van der Waals surface area contributed by atoms with Crippen molar-refractivity contribution in [2.24, 2.45) is 28.6 Å². The smallest absolute Gasteiger partial charge is 0.302 e. The van der Waals surface area contributed by atoms with E-state index in [9.17, 15) is 4.79 Å². The summed E-state index contributed by atoms with van der Waals surface area (Å²) < 4.78 is 7.82. The molecule has 0 radical (unpaired) electrons. The second-order valence-corrected chi connectivity index (χ2v) is 10.4. The largest absolute Gasteiger partial charge is 0.462 e. The van der Waals surface area contributed by atoms with Crippen LogP contribution in [0.2, 0.25) is 0 Å². The van der Waals surface area contributed by atoms with Gasteiger partial charge in [-0.1, -0.05) is 25.5 Å². The summed E-state index contributed by atoms with van der Waals surface area (Å²) in [6, 6.07) is 2.63. The summed E-state index contributed by atoms with van der Waals surface area (Å²) in [5, 5.41) is 4.61. The summed E-state index contributed by atoms with van der Waals surface area (Å²) in [4.78, 5) is 11.4. The van der Waals surface area contributed by atoms with Crippen LogP contribution >= 0.6 is 0 Å². The first-order chi connectivity index (χ1) is 13.4. The molecule has 0 spiro atoms. The molecule has 0 N–H and O–H groups in total. The second kappa shape index (κ2) is 6.47. The van der Waals surface area contributed by atoms with Crippen LogP contribution in [0.5, 0.6) is 0 Å². The average Bonchev–Trinajstić information content (AvgIpc) is 3.28. The minimum atomic E-state index is -0.132. The van der Waals surface area contributed by atoms with E-state index in [0.29, 0.717) is 16.9 Å². The van der Waals surface area contributed by atoms with Gasteiger partial charge in [0.2, 0.25) is 0 Å². The zero-order valence-corrected chi connectivity index (χ0v) is 17.6. The van der Waals surface area contributed by atoms with Crippen LogP contribution in [0.4, 0.5) is 0 Å². The number of rotatable bonds is 2. The molecule has 3 fully saturated rings. The Morgan fingerprint density at radius 2 is 2.04 bits per heavy atom. The normalized spacial score (nSPS) is 44.8. The minimum absolute atomic E-state index is 0.0953. The van der Waals surface area contributed by atoms with Crippen LogP contribution in [0.15, 0.2) is 30.1 Å². The van der Waals surface area contributed by atoms with E-state index in [0.717, 1.165) is 30.6 Å². The fourth-order valence-electron chi connectivity index (χ4n) is 7.83. The van der Waals surface area contributed by atoms with Crippen LogP contribution in [0.25, 0.3) is 0 Å². The fraction of sp³-hybridized carbons (Fsp3) is 0.750. The third kappa shape index (κ3) is 2.63. The van der Waals surface area contributed by atoms with Gasteiger partial charge in [-0.15, -0.1) is 0 Å². The van der Waals surface area contributed by atoms with Gasteiger partial charge in [-0.25, -0.2) is 0 Å². The number of carbonyl (C=O) groups is 1. The molecule has 0 amide bonds. The lowest BCUT2D eigenvalue weighted by molar-refractivity contribution is -0.148. The van der Waals surface area contributed by atoms with Gasteiger partial charge in [-0.3, -0.25) is 9.48 Å². The van der Waals surface area contributed by atoms with Crippen molar-refractivity contribution in [1.82, 2.24) is 9.78 Å². The van der Waals surface area contributed by atoms with E-state index in [1.54, 1.807) is 5.57 Å². The average molecular weight is 383 g/mol. The number of esters is 1. The molecule has 2 unspecified atom stereocenters. The van der Waals surface area contributed by atoms with E-state index in [4.69, 9.17) is 4.74 Å². The van der Waals surface area contributed by atoms with Gasteiger partial charge in [0.25, 0.3) is 0 Å². The van der Waals surface area contributed by atoms with Gasteiger partial charge >= 0.3 is 5.97 Å². The van der Waals surface area contributed by atoms with Crippen molar-refractivity contribution in [3.63, 3.8) is 0 Å². The van der Waals surface area contributed by atoms with Gasteiger partial charge in [-0.2, -0.15) is 5.10 Å². The first kappa shape index (κ1) is 18.4. The van der Waals surface area contributed by atoms with Gasteiger partial charge in [0.1, 0.15) is 6.10 Å². The van der Waals surface area contributed by atoms with Crippen molar-refractivity contribution in [3.05, 3.63) is 30.1 Å². The Labute approximate surface area is 168 Å². The van der Waals surface area contributed by atoms with Crippen LogP contribution < -0.4 is 0 Å². The van der Waals surface area contributed by atoms with Crippen molar-refractivity contribution in [2.45, 2.75) is 84.3 Å². The number of nitrogens with zero attached hydrogens (tertiary/aromatic N) is 2. The quantitative estimate of drug-likeness (QED) is 0.514. The molecule has 3 saturated carbocycles. The fourth-order valence-corrected chi connectivity index (χ4v) is 7.83. The van der Waals surface area contributed by atoms with E-state index in [-0.39, 0.29) is 12.1 Å². The lowest BCUT2D eigenvalue weighted by Gasteiger charge is -2.58. The van der Waals surface area contributed by atoms with Crippen LogP contribution in [-0.4, -0.2) is 21.9 Å². The summed E-state index contributed by atoms with van der Waals surface area (Å²) in [7, 11) is 0. The van der Waals surface area contributed by atoms with Crippen molar-refractivity contribution in [1.29, 1.82) is 0 Å². The Balaban J connectivity index is 1.40. The number of hydrogen-bond acceptors (Lipinski definition) is 3. The van der Waals surface area contributed by atoms with Gasteiger partial charge < -0.3 is 4.74 Å². The highest BCUT2D eigenvalue weighted by atomic mass is 16.5. The molecule has 1 aromatic rings. The molecule has 28 heavy (non-hydrogen) atoms. The molecule has 4 aliphatic rings. The SMILES string of the molecule is CC(=O)OC1CC[C@@]2(C)C(=CC[C@@H]3[C@H]2CC[C@]2(C)C(n4cccn4)CC[C@@H]32)C1. The van der Waals surface area contributed by atoms with Crippen molar-refractivity contribution in [3.8, 4) is 0 Å². The highest BCUT2D eigenvalue weighted by Gasteiger charge is 2.59.